The van der Waals surface area contributed by atoms with Crippen LogP contribution in [0.2, 0.25) is 0 Å². The van der Waals surface area contributed by atoms with Crippen LogP contribution in [0.1, 0.15) is 53.6 Å². The Morgan fingerprint density at radius 1 is 1.50 bits per heavy atom. The Labute approximate surface area is 139 Å². The first kappa shape index (κ1) is 16.4. The number of nitrogens with two attached hydrogens (primary N) is 1. The quantitative estimate of drug-likeness (QED) is 0.831. The van der Waals surface area contributed by atoms with E-state index in [1.165, 1.54) is 0 Å². The van der Waals surface area contributed by atoms with Crippen molar-refractivity contribution in [2.45, 2.75) is 38.8 Å². The molecule has 9 nitrogen and oxygen atoms in total. The number of aryl methyl sites for hydroxylation is 2. The molecule has 0 bridgehead atoms. The molecule has 9 heteroatoms. The van der Waals surface area contributed by atoms with Crippen LogP contribution in [0.25, 0.3) is 0 Å². The summed E-state index contributed by atoms with van der Waals surface area (Å²) in [7, 11) is 3.53. The Bertz CT molecular complexity index is 738. The van der Waals surface area contributed by atoms with Crippen molar-refractivity contribution in [3.63, 3.8) is 0 Å². The van der Waals surface area contributed by atoms with Gasteiger partial charge in [0.05, 0.1) is 24.4 Å². The second-order valence-electron chi connectivity index (χ2n) is 5.86. The molecule has 24 heavy (non-hydrogen) atoms. The average Bonchev–Trinajstić information content (AvgIpc) is 3.26. The third-order valence-corrected chi connectivity index (χ3v) is 4.37. The van der Waals surface area contributed by atoms with Gasteiger partial charge in [-0.2, -0.15) is 10.1 Å². The normalized spacial score (nSPS) is 18.2. The maximum atomic E-state index is 11.2. The zero-order chi connectivity index (χ0) is 17.3. The molecule has 0 radical (unpaired) electrons. The van der Waals surface area contributed by atoms with Gasteiger partial charge in [0, 0.05) is 13.6 Å². The number of nitrogens with zero attached hydrogens (tertiary/aromatic N) is 5. The van der Waals surface area contributed by atoms with Crippen molar-refractivity contribution in [3.8, 4) is 5.88 Å². The van der Waals surface area contributed by atoms with Crippen molar-refractivity contribution in [3.05, 3.63) is 23.0 Å². The second-order valence-corrected chi connectivity index (χ2v) is 5.86. The highest BCUT2D eigenvalue weighted by Gasteiger charge is 2.33. The van der Waals surface area contributed by atoms with E-state index in [0.717, 1.165) is 42.9 Å². The molecule has 130 valence electrons. The van der Waals surface area contributed by atoms with Crippen LogP contribution in [-0.4, -0.2) is 44.4 Å². The minimum absolute atomic E-state index is 0.0276. The number of primary amides is 1. The first-order chi connectivity index (χ1) is 11.5. The Hall–Kier alpha value is -2.42. The van der Waals surface area contributed by atoms with Crippen molar-refractivity contribution >= 4 is 5.91 Å². The van der Waals surface area contributed by atoms with Gasteiger partial charge in [0.25, 0.3) is 11.7 Å². The molecule has 0 aliphatic carbocycles. The molecule has 0 aromatic carbocycles. The fraction of sp³-hybridized carbons (Fsp3) is 0.600. The highest BCUT2D eigenvalue weighted by atomic mass is 16.5. The summed E-state index contributed by atoms with van der Waals surface area (Å²) in [6.07, 6.45) is 2.74. The first-order valence-corrected chi connectivity index (χ1v) is 8.01. The first-order valence-electron chi connectivity index (χ1n) is 8.01. The number of rotatable bonds is 6. The van der Waals surface area contributed by atoms with Gasteiger partial charge in [-0.3, -0.25) is 9.69 Å². The van der Waals surface area contributed by atoms with Gasteiger partial charge >= 0.3 is 0 Å². The topological polar surface area (TPSA) is 112 Å². The van der Waals surface area contributed by atoms with E-state index in [9.17, 15) is 4.79 Å². The van der Waals surface area contributed by atoms with Gasteiger partial charge in [-0.05, 0) is 25.8 Å². The summed E-state index contributed by atoms with van der Waals surface area (Å²) >= 11 is 0. The number of amides is 1. The number of carbonyl (C=O) groups is 1. The van der Waals surface area contributed by atoms with Crippen LogP contribution in [0, 0.1) is 0 Å². The predicted octanol–water partition coefficient (Wildman–Crippen LogP) is 0.810. The van der Waals surface area contributed by atoms with Crippen LogP contribution in [0.15, 0.2) is 4.52 Å². The summed E-state index contributed by atoms with van der Waals surface area (Å²) in [6, 6.07) is -0.0276. The lowest BCUT2D eigenvalue weighted by atomic mass is 10.1. The van der Waals surface area contributed by atoms with Crippen molar-refractivity contribution < 1.29 is 14.1 Å². The molecule has 2 N–H and O–H groups in total. The number of hydrogen-bond acceptors (Lipinski definition) is 7. The molecule has 1 amide bonds. The predicted molar refractivity (Wildman–Crippen MR) is 84.3 cm³/mol. The van der Waals surface area contributed by atoms with E-state index in [2.05, 4.69) is 27.1 Å². The van der Waals surface area contributed by atoms with Crippen molar-refractivity contribution in [2.24, 2.45) is 12.8 Å². The van der Waals surface area contributed by atoms with Crippen molar-refractivity contribution in [2.75, 3.05) is 13.7 Å². The molecule has 3 rings (SSSR count). The van der Waals surface area contributed by atoms with Gasteiger partial charge in [-0.15, -0.1) is 0 Å². The van der Waals surface area contributed by atoms with E-state index in [4.69, 9.17) is 15.0 Å². The summed E-state index contributed by atoms with van der Waals surface area (Å²) in [5.41, 5.74) is 7.29. The number of methoxy groups -OCH3 is 1. The molecule has 3 heterocycles. The third-order valence-electron chi connectivity index (χ3n) is 4.37. The lowest BCUT2D eigenvalue weighted by Crippen LogP contribution is -2.24. The van der Waals surface area contributed by atoms with Crippen LogP contribution < -0.4 is 10.5 Å². The SMILES string of the molecule is CCc1nn(C)c(OC)c1CN1CCCC1c1nc(C(N)=O)no1. The number of carbonyl (C=O) groups excluding carboxylic acids is 1. The lowest BCUT2D eigenvalue weighted by Gasteiger charge is -2.21. The zero-order valence-corrected chi connectivity index (χ0v) is 14.2. The fourth-order valence-electron chi connectivity index (χ4n) is 3.27. The minimum atomic E-state index is -0.684. The van der Waals surface area contributed by atoms with Crippen LogP contribution >= 0.6 is 0 Å². The van der Waals surface area contributed by atoms with Crippen molar-refractivity contribution in [1.82, 2.24) is 24.8 Å². The molecule has 1 atom stereocenters. The van der Waals surface area contributed by atoms with Gasteiger partial charge in [0.2, 0.25) is 11.8 Å². The Morgan fingerprint density at radius 2 is 2.29 bits per heavy atom. The molecule has 2 aromatic rings. The number of ether oxygens (including phenoxy) is 1. The standard InChI is InChI=1S/C15H22N6O3/c1-4-10-9(15(23-3)20(2)18-10)8-21-7-5-6-11(21)14-17-13(12(16)22)19-24-14/h11H,4-8H2,1-3H3,(H2,16,22). The Kier molecular flexibility index (Phi) is 4.52. The zero-order valence-electron chi connectivity index (χ0n) is 14.2. The highest BCUT2D eigenvalue weighted by Crippen LogP contribution is 2.34. The summed E-state index contributed by atoms with van der Waals surface area (Å²) in [4.78, 5) is 17.5. The Morgan fingerprint density at radius 3 is 2.92 bits per heavy atom. The average molecular weight is 334 g/mol. The number of likely N-dealkylation sites (tertiary alicyclic amines) is 1. The Balaban J connectivity index is 1.85. The largest absolute Gasteiger partial charge is 0.481 e. The molecule has 2 aromatic heterocycles. The monoisotopic (exact) mass is 334 g/mol. The molecule has 1 aliphatic rings. The van der Waals surface area contributed by atoms with Crippen molar-refractivity contribution in [1.29, 1.82) is 0 Å². The van der Waals surface area contributed by atoms with E-state index >= 15 is 0 Å². The molecule has 1 unspecified atom stereocenters. The fourth-order valence-corrected chi connectivity index (χ4v) is 3.27. The summed E-state index contributed by atoms with van der Waals surface area (Å²) in [5, 5.41) is 8.16. The van der Waals surface area contributed by atoms with Gasteiger partial charge in [0.15, 0.2) is 0 Å². The molecule has 0 saturated carbocycles. The van der Waals surface area contributed by atoms with Gasteiger partial charge in [-0.25, -0.2) is 4.68 Å². The molecule has 1 fully saturated rings. The van der Waals surface area contributed by atoms with E-state index in [1.807, 2.05) is 7.05 Å². The van der Waals surface area contributed by atoms with Crippen LogP contribution in [-0.2, 0) is 20.0 Å². The molecule has 1 saturated heterocycles. The number of aromatic nitrogens is 4. The molecular weight excluding hydrogens is 312 g/mol. The van der Waals surface area contributed by atoms with Crippen LogP contribution in [0.5, 0.6) is 5.88 Å². The van der Waals surface area contributed by atoms with E-state index in [-0.39, 0.29) is 11.9 Å². The van der Waals surface area contributed by atoms with E-state index in [0.29, 0.717) is 12.4 Å². The van der Waals surface area contributed by atoms with Gasteiger partial charge in [-0.1, -0.05) is 12.1 Å². The van der Waals surface area contributed by atoms with E-state index < -0.39 is 5.91 Å². The second kappa shape index (κ2) is 6.60. The molecule has 0 spiro atoms. The minimum Gasteiger partial charge on any atom is -0.481 e. The van der Waals surface area contributed by atoms with Gasteiger partial charge < -0.3 is 15.0 Å². The highest BCUT2D eigenvalue weighted by molar-refractivity contribution is 5.88. The summed E-state index contributed by atoms with van der Waals surface area (Å²) in [6.45, 7) is 3.66. The van der Waals surface area contributed by atoms with E-state index in [1.54, 1.807) is 11.8 Å². The number of hydrogen-bond donors (Lipinski definition) is 1. The molecule has 1 aliphatic heterocycles. The maximum absolute atomic E-state index is 11.2. The maximum Gasteiger partial charge on any atom is 0.290 e. The van der Waals surface area contributed by atoms with Crippen LogP contribution in [0.4, 0.5) is 0 Å². The summed E-state index contributed by atoms with van der Waals surface area (Å²) < 4.78 is 12.5. The third kappa shape index (κ3) is 2.86. The smallest absolute Gasteiger partial charge is 0.290 e. The molecular formula is C15H22N6O3. The van der Waals surface area contributed by atoms with Gasteiger partial charge in [0.1, 0.15) is 0 Å². The summed E-state index contributed by atoms with van der Waals surface area (Å²) in [5.74, 6) is 0.435. The van der Waals surface area contributed by atoms with Crippen LogP contribution in [0.3, 0.4) is 0 Å². The lowest BCUT2D eigenvalue weighted by molar-refractivity contribution is 0.0987.